The molecule has 1 unspecified atom stereocenters. The number of hydrogen-bond acceptors (Lipinski definition) is 4. The molecule has 112 valence electrons. The van der Waals surface area contributed by atoms with E-state index in [4.69, 9.17) is 11.6 Å². The standard InChI is InChI=1S/C15H17ClN2O2S/c1-10-8-9-17-15(16)14(10)18-11(2)12-4-6-13(7-5-12)21(3,19)20/h4-9,11,18H,1-3H3. The van der Waals surface area contributed by atoms with Crippen LogP contribution < -0.4 is 5.32 Å². The molecule has 2 aromatic rings. The summed E-state index contributed by atoms with van der Waals surface area (Å²) in [7, 11) is -3.17. The van der Waals surface area contributed by atoms with Crippen LogP contribution in [0.4, 0.5) is 5.69 Å². The fraction of sp³-hybridized carbons (Fsp3) is 0.267. The van der Waals surface area contributed by atoms with Crippen LogP contribution in [0.25, 0.3) is 0 Å². The Labute approximate surface area is 130 Å². The van der Waals surface area contributed by atoms with E-state index in [2.05, 4.69) is 10.3 Å². The van der Waals surface area contributed by atoms with Crippen molar-refractivity contribution in [2.75, 3.05) is 11.6 Å². The Bertz CT molecular complexity index is 723. The second kappa shape index (κ2) is 6.03. The quantitative estimate of drug-likeness (QED) is 0.873. The van der Waals surface area contributed by atoms with E-state index in [0.717, 1.165) is 16.8 Å². The van der Waals surface area contributed by atoms with E-state index < -0.39 is 9.84 Å². The van der Waals surface area contributed by atoms with Gasteiger partial charge in [0.25, 0.3) is 0 Å². The molecule has 4 nitrogen and oxygen atoms in total. The van der Waals surface area contributed by atoms with Gasteiger partial charge in [0.1, 0.15) is 0 Å². The number of aryl methyl sites for hydroxylation is 1. The van der Waals surface area contributed by atoms with Crippen LogP contribution in [0.5, 0.6) is 0 Å². The number of rotatable bonds is 4. The summed E-state index contributed by atoms with van der Waals surface area (Å²) in [5, 5.41) is 3.73. The molecule has 0 spiro atoms. The summed E-state index contributed by atoms with van der Waals surface area (Å²) < 4.78 is 22.9. The number of pyridine rings is 1. The van der Waals surface area contributed by atoms with E-state index in [1.54, 1.807) is 30.5 Å². The number of nitrogens with zero attached hydrogens (tertiary/aromatic N) is 1. The third-order valence-electron chi connectivity index (χ3n) is 3.28. The summed E-state index contributed by atoms with van der Waals surface area (Å²) in [6.45, 7) is 3.94. The summed E-state index contributed by atoms with van der Waals surface area (Å²) in [5.74, 6) is 0. The third kappa shape index (κ3) is 3.74. The van der Waals surface area contributed by atoms with E-state index in [9.17, 15) is 8.42 Å². The van der Waals surface area contributed by atoms with Gasteiger partial charge in [-0.15, -0.1) is 0 Å². The molecule has 0 bridgehead atoms. The van der Waals surface area contributed by atoms with E-state index >= 15 is 0 Å². The van der Waals surface area contributed by atoms with E-state index in [1.807, 2.05) is 19.9 Å². The highest BCUT2D eigenvalue weighted by atomic mass is 35.5. The van der Waals surface area contributed by atoms with Gasteiger partial charge >= 0.3 is 0 Å². The minimum absolute atomic E-state index is 0.0148. The highest BCUT2D eigenvalue weighted by Gasteiger charge is 2.12. The third-order valence-corrected chi connectivity index (χ3v) is 4.70. The van der Waals surface area contributed by atoms with Crippen LogP contribution in [0.1, 0.15) is 24.1 Å². The highest BCUT2D eigenvalue weighted by molar-refractivity contribution is 7.90. The lowest BCUT2D eigenvalue weighted by Crippen LogP contribution is -2.09. The van der Waals surface area contributed by atoms with Gasteiger partial charge in [-0.2, -0.15) is 0 Å². The van der Waals surface area contributed by atoms with Gasteiger partial charge in [-0.1, -0.05) is 23.7 Å². The Balaban J connectivity index is 2.23. The first-order chi connectivity index (χ1) is 9.79. The van der Waals surface area contributed by atoms with Crippen LogP contribution in [-0.4, -0.2) is 19.7 Å². The predicted octanol–water partition coefficient (Wildman–Crippen LogP) is 3.62. The van der Waals surface area contributed by atoms with E-state index in [-0.39, 0.29) is 6.04 Å². The molecular weight excluding hydrogens is 308 g/mol. The summed E-state index contributed by atoms with van der Waals surface area (Å²) in [6, 6.07) is 8.69. The predicted molar refractivity (Wildman–Crippen MR) is 85.6 cm³/mol. The minimum atomic E-state index is -3.17. The first-order valence-electron chi connectivity index (χ1n) is 6.46. The number of aromatic nitrogens is 1. The second-order valence-electron chi connectivity index (χ2n) is 5.00. The summed E-state index contributed by atoms with van der Waals surface area (Å²) in [4.78, 5) is 4.37. The number of benzene rings is 1. The number of sulfone groups is 1. The molecule has 0 radical (unpaired) electrons. The lowest BCUT2D eigenvalue weighted by Gasteiger charge is -2.18. The average molecular weight is 325 g/mol. The van der Waals surface area contributed by atoms with Crippen molar-refractivity contribution in [2.45, 2.75) is 24.8 Å². The Morgan fingerprint density at radius 1 is 1.19 bits per heavy atom. The van der Waals surface area contributed by atoms with Gasteiger partial charge in [0, 0.05) is 18.5 Å². The van der Waals surface area contributed by atoms with Gasteiger partial charge in [0.2, 0.25) is 0 Å². The van der Waals surface area contributed by atoms with Crippen molar-refractivity contribution in [3.8, 4) is 0 Å². The molecule has 0 aliphatic heterocycles. The summed E-state index contributed by atoms with van der Waals surface area (Å²) >= 11 is 6.09. The lowest BCUT2D eigenvalue weighted by molar-refractivity contribution is 0.602. The molecule has 21 heavy (non-hydrogen) atoms. The smallest absolute Gasteiger partial charge is 0.175 e. The summed E-state index contributed by atoms with van der Waals surface area (Å²) in [6.07, 6.45) is 2.86. The Morgan fingerprint density at radius 2 is 1.81 bits per heavy atom. The molecule has 0 saturated carbocycles. The van der Waals surface area contributed by atoms with Gasteiger partial charge < -0.3 is 5.32 Å². The fourth-order valence-electron chi connectivity index (χ4n) is 2.00. The molecule has 0 fully saturated rings. The first kappa shape index (κ1) is 15.8. The molecule has 6 heteroatoms. The Kier molecular flexibility index (Phi) is 4.54. The molecular formula is C15H17ClN2O2S. The zero-order valence-corrected chi connectivity index (χ0v) is 13.7. The van der Waals surface area contributed by atoms with Crippen molar-refractivity contribution in [1.82, 2.24) is 4.98 Å². The Hall–Kier alpha value is -1.59. The maximum atomic E-state index is 11.5. The van der Waals surface area contributed by atoms with Crippen molar-refractivity contribution in [3.63, 3.8) is 0 Å². The molecule has 0 aliphatic rings. The van der Waals surface area contributed by atoms with Crippen molar-refractivity contribution in [1.29, 1.82) is 0 Å². The van der Waals surface area contributed by atoms with Crippen LogP contribution >= 0.6 is 11.6 Å². The number of nitrogens with one attached hydrogen (secondary N) is 1. The zero-order chi connectivity index (χ0) is 15.6. The van der Waals surface area contributed by atoms with Crippen LogP contribution in [0.3, 0.4) is 0 Å². The first-order valence-corrected chi connectivity index (χ1v) is 8.73. The van der Waals surface area contributed by atoms with Crippen LogP contribution in [-0.2, 0) is 9.84 Å². The minimum Gasteiger partial charge on any atom is -0.376 e. The second-order valence-corrected chi connectivity index (χ2v) is 7.37. The lowest BCUT2D eigenvalue weighted by atomic mass is 10.1. The monoisotopic (exact) mass is 324 g/mol. The fourth-order valence-corrected chi connectivity index (χ4v) is 2.89. The van der Waals surface area contributed by atoms with Crippen molar-refractivity contribution in [3.05, 3.63) is 52.8 Å². The van der Waals surface area contributed by atoms with E-state index in [1.165, 1.54) is 6.26 Å². The van der Waals surface area contributed by atoms with E-state index in [0.29, 0.717) is 10.0 Å². The molecule has 0 saturated heterocycles. The molecule has 1 atom stereocenters. The largest absolute Gasteiger partial charge is 0.376 e. The van der Waals surface area contributed by atoms with Gasteiger partial charge in [-0.25, -0.2) is 13.4 Å². The molecule has 2 rings (SSSR count). The number of halogens is 1. The van der Waals surface area contributed by atoms with Gasteiger partial charge in [-0.05, 0) is 43.2 Å². The van der Waals surface area contributed by atoms with Crippen LogP contribution in [0.15, 0.2) is 41.4 Å². The average Bonchev–Trinajstić information content (AvgIpc) is 2.42. The van der Waals surface area contributed by atoms with Crippen molar-refractivity contribution in [2.24, 2.45) is 0 Å². The molecule has 1 aromatic heterocycles. The molecule has 1 heterocycles. The van der Waals surface area contributed by atoms with Crippen LogP contribution in [0, 0.1) is 6.92 Å². The molecule has 1 aromatic carbocycles. The maximum absolute atomic E-state index is 11.5. The van der Waals surface area contributed by atoms with Gasteiger partial charge in [0.15, 0.2) is 15.0 Å². The highest BCUT2D eigenvalue weighted by Crippen LogP contribution is 2.27. The zero-order valence-electron chi connectivity index (χ0n) is 12.1. The number of anilines is 1. The maximum Gasteiger partial charge on any atom is 0.175 e. The SMILES string of the molecule is Cc1ccnc(Cl)c1NC(C)c1ccc(S(C)(=O)=O)cc1. The van der Waals surface area contributed by atoms with Crippen LogP contribution in [0.2, 0.25) is 5.15 Å². The molecule has 0 aliphatic carbocycles. The number of hydrogen-bond donors (Lipinski definition) is 1. The molecule has 0 amide bonds. The van der Waals surface area contributed by atoms with Gasteiger partial charge in [-0.3, -0.25) is 0 Å². The topological polar surface area (TPSA) is 59.1 Å². The normalized spacial score (nSPS) is 13.0. The van der Waals surface area contributed by atoms with Crippen molar-refractivity contribution < 1.29 is 8.42 Å². The van der Waals surface area contributed by atoms with Crippen molar-refractivity contribution >= 4 is 27.1 Å². The molecule has 1 N–H and O–H groups in total. The van der Waals surface area contributed by atoms with Gasteiger partial charge in [0.05, 0.1) is 10.6 Å². The Morgan fingerprint density at radius 3 is 2.33 bits per heavy atom. The summed E-state index contributed by atoms with van der Waals surface area (Å²) in [5.41, 5.74) is 2.77.